The molecule has 2 heterocycles. The predicted molar refractivity (Wildman–Crippen MR) is 118 cm³/mol. The first kappa shape index (κ1) is 19.0. The van der Waals surface area contributed by atoms with Gasteiger partial charge < -0.3 is 14.8 Å². The molecular formula is C24H25N3O2. The summed E-state index contributed by atoms with van der Waals surface area (Å²) in [5, 5.41) is 3.97. The molecule has 1 aliphatic heterocycles. The Morgan fingerprint density at radius 3 is 2.52 bits per heavy atom. The fourth-order valence-electron chi connectivity index (χ4n) is 4.08. The highest BCUT2D eigenvalue weighted by Gasteiger charge is 2.25. The summed E-state index contributed by atoms with van der Waals surface area (Å²) in [4.78, 5) is 27.2. The van der Waals surface area contributed by atoms with Crippen LogP contribution in [0.2, 0.25) is 0 Å². The van der Waals surface area contributed by atoms with Gasteiger partial charge in [0.2, 0.25) is 5.91 Å². The molecule has 1 N–H and O–H groups in total. The number of rotatable bonds is 5. The van der Waals surface area contributed by atoms with Crippen LogP contribution in [0, 0.1) is 6.92 Å². The lowest BCUT2D eigenvalue weighted by atomic mass is 10.0. The molecule has 4 rings (SSSR count). The molecule has 2 amide bonds. The van der Waals surface area contributed by atoms with Gasteiger partial charge in [-0.1, -0.05) is 36.4 Å². The van der Waals surface area contributed by atoms with Crippen molar-refractivity contribution >= 4 is 40.1 Å². The van der Waals surface area contributed by atoms with Gasteiger partial charge in [0.25, 0.3) is 5.91 Å². The molecule has 5 nitrogen and oxygen atoms in total. The zero-order valence-electron chi connectivity index (χ0n) is 17.0. The van der Waals surface area contributed by atoms with Crippen LogP contribution >= 0.6 is 0 Å². The van der Waals surface area contributed by atoms with Gasteiger partial charge in [0, 0.05) is 52.1 Å². The maximum Gasteiger partial charge on any atom is 0.256 e. The van der Waals surface area contributed by atoms with Crippen molar-refractivity contribution in [1.29, 1.82) is 0 Å². The Hall–Kier alpha value is -3.34. The number of fused-ring (bicyclic) bond motifs is 2. The minimum Gasteiger partial charge on any atom is -0.342 e. The highest BCUT2D eigenvalue weighted by molar-refractivity contribution is 6.35. The van der Waals surface area contributed by atoms with Gasteiger partial charge in [0.15, 0.2) is 0 Å². The largest absolute Gasteiger partial charge is 0.342 e. The molecule has 1 aliphatic rings. The molecule has 0 bridgehead atoms. The van der Waals surface area contributed by atoms with Crippen molar-refractivity contribution in [2.75, 3.05) is 18.4 Å². The second kappa shape index (κ2) is 7.59. The van der Waals surface area contributed by atoms with E-state index < -0.39 is 0 Å². The standard InChI is InChI=1S/C24H25N3O2/c1-4-26(5-2)23(28)15-27-16(3)19(18-11-7-9-13-22(18)27)14-20-17-10-6-8-12-21(17)25-24(20)29/h6-14H,4-5,15H2,1-3H3,(H,25,29)/b20-14+. The number of anilines is 1. The van der Waals surface area contributed by atoms with Gasteiger partial charge in [0.05, 0.1) is 0 Å². The quantitative estimate of drug-likeness (QED) is 0.663. The number of aromatic nitrogens is 1. The van der Waals surface area contributed by atoms with Gasteiger partial charge in [0.1, 0.15) is 6.54 Å². The number of nitrogens with zero attached hydrogens (tertiary/aromatic N) is 2. The van der Waals surface area contributed by atoms with Gasteiger partial charge in [-0.2, -0.15) is 0 Å². The van der Waals surface area contributed by atoms with E-state index >= 15 is 0 Å². The number of carbonyl (C=O) groups excluding carboxylic acids is 2. The highest BCUT2D eigenvalue weighted by atomic mass is 16.2. The maximum absolute atomic E-state index is 12.8. The Morgan fingerprint density at radius 1 is 1.07 bits per heavy atom. The lowest BCUT2D eigenvalue weighted by molar-refractivity contribution is -0.131. The first-order valence-electron chi connectivity index (χ1n) is 10.0. The molecule has 0 saturated heterocycles. The summed E-state index contributed by atoms with van der Waals surface area (Å²) in [6.45, 7) is 7.69. The number of benzene rings is 2. The lowest BCUT2D eigenvalue weighted by Gasteiger charge is -2.20. The van der Waals surface area contributed by atoms with Crippen LogP contribution in [0.25, 0.3) is 22.6 Å². The molecular weight excluding hydrogens is 362 g/mol. The summed E-state index contributed by atoms with van der Waals surface area (Å²) in [5.41, 5.74) is 5.37. The molecule has 2 aromatic carbocycles. The summed E-state index contributed by atoms with van der Waals surface area (Å²) < 4.78 is 2.06. The van der Waals surface area contributed by atoms with Gasteiger partial charge >= 0.3 is 0 Å². The van der Waals surface area contributed by atoms with Crippen molar-refractivity contribution in [1.82, 2.24) is 9.47 Å². The minimum absolute atomic E-state index is 0.0957. The van der Waals surface area contributed by atoms with E-state index in [-0.39, 0.29) is 11.8 Å². The summed E-state index contributed by atoms with van der Waals surface area (Å²) in [5.74, 6) is 0.00339. The number of para-hydroxylation sites is 2. The molecule has 0 saturated carbocycles. The summed E-state index contributed by atoms with van der Waals surface area (Å²) in [6, 6.07) is 15.8. The number of hydrogen-bond acceptors (Lipinski definition) is 2. The minimum atomic E-state index is -0.0957. The Balaban J connectivity index is 1.84. The van der Waals surface area contributed by atoms with Crippen LogP contribution in [0.4, 0.5) is 5.69 Å². The molecule has 0 fully saturated rings. The second-order valence-electron chi connectivity index (χ2n) is 7.23. The first-order chi connectivity index (χ1) is 14.0. The smallest absolute Gasteiger partial charge is 0.256 e. The van der Waals surface area contributed by atoms with Crippen molar-refractivity contribution in [3.05, 3.63) is 65.4 Å². The number of nitrogens with one attached hydrogen (secondary N) is 1. The van der Waals surface area contributed by atoms with E-state index in [0.717, 1.165) is 33.4 Å². The van der Waals surface area contributed by atoms with Crippen molar-refractivity contribution in [2.45, 2.75) is 27.3 Å². The highest BCUT2D eigenvalue weighted by Crippen LogP contribution is 2.35. The van der Waals surface area contributed by atoms with Crippen molar-refractivity contribution < 1.29 is 9.59 Å². The van der Waals surface area contributed by atoms with Gasteiger partial charge in [-0.3, -0.25) is 9.59 Å². The molecule has 1 aromatic heterocycles. The summed E-state index contributed by atoms with van der Waals surface area (Å²) in [7, 11) is 0. The van der Waals surface area contributed by atoms with Gasteiger partial charge in [-0.25, -0.2) is 0 Å². The van der Waals surface area contributed by atoms with E-state index in [2.05, 4.69) is 9.88 Å². The maximum atomic E-state index is 12.8. The van der Waals surface area contributed by atoms with E-state index in [1.54, 1.807) is 0 Å². The normalized spacial score (nSPS) is 14.3. The van der Waals surface area contributed by atoms with Gasteiger partial charge in [-0.05, 0) is 39.0 Å². The van der Waals surface area contributed by atoms with Crippen LogP contribution in [0.5, 0.6) is 0 Å². The molecule has 29 heavy (non-hydrogen) atoms. The summed E-state index contributed by atoms with van der Waals surface area (Å²) >= 11 is 0. The molecule has 0 radical (unpaired) electrons. The Kier molecular flexibility index (Phi) is 4.97. The monoisotopic (exact) mass is 387 g/mol. The third-order valence-corrected chi connectivity index (χ3v) is 5.69. The van der Waals surface area contributed by atoms with Crippen LogP contribution in [0.3, 0.4) is 0 Å². The van der Waals surface area contributed by atoms with Crippen LogP contribution in [-0.4, -0.2) is 34.4 Å². The SMILES string of the molecule is CCN(CC)C(=O)Cn1c(C)c(/C=C2/C(=O)Nc3ccccc32)c2ccccc21. The molecule has 5 heteroatoms. The number of likely N-dealkylation sites (N-methyl/N-ethyl adjacent to an activating group) is 1. The molecule has 0 atom stereocenters. The number of amides is 2. The van der Waals surface area contributed by atoms with Crippen molar-refractivity contribution in [3.63, 3.8) is 0 Å². The third kappa shape index (κ3) is 3.23. The Labute approximate surface area is 170 Å². The van der Waals surface area contributed by atoms with E-state index in [9.17, 15) is 9.59 Å². The van der Waals surface area contributed by atoms with Crippen molar-refractivity contribution in [2.24, 2.45) is 0 Å². The fraction of sp³-hybridized carbons (Fsp3) is 0.250. The molecule has 0 aliphatic carbocycles. The average molecular weight is 387 g/mol. The van der Waals surface area contributed by atoms with Crippen LogP contribution in [0.15, 0.2) is 48.5 Å². The Bertz CT molecular complexity index is 1140. The van der Waals surface area contributed by atoms with E-state index in [1.807, 2.05) is 80.3 Å². The zero-order valence-corrected chi connectivity index (χ0v) is 17.0. The molecule has 148 valence electrons. The fourth-order valence-corrected chi connectivity index (χ4v) is 4.08. The molecule has 3 aromatic rings. The van der Waals surface area contributed by atoms with Crippen LogP contribution < -0.4 is 5.32 Å². The summed E-state index contributed by atoms with van der Waals surface area (Å²) in [6.07, 6.45) is 1.96. The van der Waals surface area contributed by atoms with Crippen molar-refractivity contribution in [3.8, 4) is 0 Å². The van der Waals surface area contributed by atoms with Crippen LogP contribution in [-0.2, 0) is 16.1 Å². The second-order valence-corrected chi connectivity index (χ2v) is 7.23. The van der Waals surface area contributed by atoms with E-state index in [0.29, 0.717) is 25.2 Å². The van der Waals surface area contributed by atoms with Crippen LogP contribution in [0.1, 0.15) is 30.7 Å². The number of carbonyl (C=O) groups is 2. The van der Waals surface area contributed by atoms with E-state index in [1.165, 1.54) is 0 Å². The zero-order chi connectivity index (χ0) is 20.5. The van der Waals surface area contributed by atoms with E-state index in [4.69, 9.17) is 0 Å². The topological polar surface area (TPSA) is 54.3 Å². The average Bonchev–Trinajstić information content (AvgIpc) is 3.18. The third-order valence-electron chi connectivity index (χ3n) is 5.69. The lowest BCUT2D eigenvalue weighted by Crippen LogP contribution is -2.33. The Morgan fingerprint density at radius 2 is 1.76 bits per heavy atom. The molecule has 0 spiro atoms. The predicted octanol–water partition coefficient (Wildman–Crippen LogP) is 4.31. The number of hydrogen-bond donors (Lipinski definition) is 1. The van der Waals surface area contributed by atoms with Gasteiger partial charge in [-0.15, -0.1) is 0 Å². The molecule has 0 unspecified atom stereocenters. The first-order valence-corrected chi connectivity index (χ1v) is 10.0.